The first kappa shape index (κ1) is 12.6. The molecule has 0 saturated carbocycles. The third-order valence-electron chi connectivity index (χ3n) is 1.51. The number of hydrogen-bond acceptors (Lipinski definition) is 4. The second kappa shape index (κ2) is 6.11. The van der Waals surface area contributed by atoms with Crippen LogP contribution in [0.5, 0.6) is 0 Å². The molecule has 1 unspecified atom stereocenters. The molecule has 6 heteroatoms. The van der Waals surface area contributed by atoms with Gasteiger partial charge in [0.25, 0.3) is 5.82 Å². The highest BCUT2D eigenvalue weighted by atomic mass is 16.4. The molecular formula is C8H16N4O2. The van der Waals surface area contributed by atoms with Crippen molar-refractivity contribution < 1.29 is 14.5 Å². The average Bonchev–Trinajstić information content (AvgIpc) is 2.52. The van der Waals surface area contributed by atoms with Crippen LogP contribution in [0, 0.1) is 0 Å². The van der Waals surface area contributed by atoms with Crippen LogP contribution in [0.4, 0.5) is 0 Å². The zero-order chi connectivity index (χ0) is 11.1. The Morgan fingerprint density at radius 1 is 1.79 bits per heavy atom. The van der Waals surface area contributed by atoms with E-state index in [1.807, 2.05) is 30.9 Å². The predicted molar refractivity (Wildman–Crippen MR) is 48.6 cm³/mol. The topological polar surface area (TPSA) is 112 Å². The summed E-state index contributed by atoms with van der Waals surface area (Å²) in [5.74, 6) is -0.167. The van der Waals surface area contributed by atoms with Crippen LogP contribution in [0.1, 0.15) is 18.8 Å². The summed E-state index contributed by atoms with van der Waals surface area (Å²) in [6.45, 7) is 1.56. The molecule has 0 bridgehead atoms. The van der Waals surface area contributed by atoms with E-state index in [4.69, 9.17) is 15.6 Å². The SMILES string of the molecule is CC(N)c1[nH]cc[n+]1C.NCC(=O)[O-]. The van der Waals surface area contributed by atoms with Crippen molar-refractivity contribution in [2.24, 2.45) is 18.5 Å². The van der Waals surface area contributed by atoms with E-state index < -0.39 is 5.97 Å². The van der Waals surface area contributed by atoms with Gasteiger partial charge in [-0.2, -0.15) is 0 Å². The fourth-order valence-corrected chi connectivity index (χ4v) is 0.869. The molecule has 1 heterocycles. The van der Waals surface area contributed by atoms with Crippen molar-refractivity contribution in [1.29, 1.82) is 0 Å². The van der Waals surface area contributed by atoms with Gasteiger partial charge in [0.05, 0.1) is 13.0 Å². The van der Waals surface area contributed by atoms with Crippen molar-refractivity contribution in [2.45, 2.75) is 13.0 Å². The van der Waals surface area contributed by atoms with Gasteiger partial charge in [0.2, 0.25) is 0 Å². The Morgan fingerprint density at radius 3 is 2.43 bits per heavy atom. The fraction of sp³-hybridized carbons (Fsp3) is 0.500. The third-order valence-corrected chi connectivity index (χ3v) is 1.51. The summed E-state index contributed by atoms with van der Waals surface area (Å²) in [7, 11) is 1.97. The second-order valence-electron chi connectivity index (χ2n) is 2.82. The highest BCUT2D eigenvalue weighted by molar-refractivity contribution is 5.66. The number of nitrogens with one attached hydrogen (secondary N) is 1. The standard InChI is InChI=1S/C6H11N3.C2H5NO2/c1-5(7)6-8-3-4-9(6)2;3-1-2(4)5/h3-5H,7H2,1-2H3;1,3H2,(H,4,5). The molecule has 1 atom stereocenters. The minimum Gasteiger partial charge on any atom is -0.549 e. The third kappa shape index (κ3) is 4.58. The van der Waals surface area contributed by atoms with Gasteiger partial charge >= 0.3 is 0 Å². The summed E-state index contributed by atoms with van der Waals surface area (Å²) in [4.78, 5) is 12.2. The average molecular weight is 200 g/mol. The monoisotopic (exact) mass is 200 g/mol. The van der Waals surface area contributed by atoms with Gasteiger partial charge in [0, 0.05) is 6.54 Å². The molecule has 14 heavy (non-hydrogen) atoms. The lowest BCUT2D eigenvalue weighted by Crippen LogP contribution is -2.33. The number of carboxylic acids is 1. The van der Waals surface area contributed by atoms with Crippen LogP contribution < -0.4 is 21.1 Å². The van der Waals surface area contributed by atoms with E-state index in [-0.39, 0.29) is 12.6 Å². The summed E-state index contributed by atoms with van der Waals surface area (Å²) < 4.78 is 1.98. The molecule has 0 aliphatic carbocycles. The van der Waals surface area contributed by atoms with Crippen LogP contribution >= 0.6 is 0 Å². The van der Waals surface area contributed by atoms with E-state index in [2.05, 4.69) is 10.7 Å². The molecule has 0 aliphatic rings. The molecule has 1 rings (SSSR count). The Kier molecular flexibility index (Phi) is 5.50. The largest absolute Gasteiger partial charge is 0.549 e. The zero-order valence-electron chi connectivity index (χ0n) is 8.36. The highest BCUT2D eigenvalue weighted by Crippen LogP contribution is 1.96. The van der Waals surface area contributed by atoms with Gasteiger partial charge in [-0.05, 0) is 6.92 Å². The molecule has 0 spiro atoms. The summed E-state index contributed by atoms with van der Waals surface area (Å²) >= 11 is 0. The fourth-order valence-electron chi connectivity index (χ4n) is 0.869. The summed E-state index contributed by atoms with van der Waals surface area (Å²) in [5, 5.41) is 9.13. The number of aryl methyl sites for hydroxylation is 1. The predicted octanol–water partition coefficient (Wildman–Crippen LogP) is -2.45. The first-order valence-corrected chi connectivity index (χ1v) is 4.17. The summed E-state index contributed by atoms with van der Waals surface area (Å²) in [6, 6.07) is 0.0880. The highest BCUT2D eigenvalue weighted by Gasteiger charge is 2.09. The van der Waals surface area contributed by atoms with E-state index in [1.165, 1.54) is 0 Å². The Balaban J connectivity index is 0.000000292. The molecule has 0 aliphatic heterocycles. The van der Waals surface area contributed by atoms with Crippen molar-refractivity contribution >= 4 is 5.97 Å². The van der Waals surface area contributed by atoms with E-state index in [0.29, 0.717) is 0 Å². The van der Waals surface area contributed by atoms with Crippen LogP contribution in [0.15, 0.2) is 12.4 Å². The van der Waals surface area contributed by atoms with Crippen molar-refractivity contribution in [3.63, 3.8) is 0 Å². The maximum Gasteiger partial charge on any atom is 0.270 e. The Bertz CT molecular complexity index is 283. The van der Waals surface area contributed by atoms with Crippen molar-refractivity contribution in [3.05, 3.63) is 18.2 Å². The number of nitrogens with two attached hydrogens (primary N) is 2. The molecule has 0 saturated heterocycles. The lowest BCUT2D eigenvalue weighted by Gasteiger charge is -1.95. The number of aromatic nitrogens is 2. The quantitative estimate of drug-likeness (QED) is 0.460. The molecular weight excluding hydrogens is 184 g/mol. The first-order chi connectivity index (χ1) is 6.49. The lowest BCUT2D eigenvalue weighted by molar-refractivity contribution is -0.679. The zero-order valence-corrected chi connectivity index (χ0v) is 8.36. The number of H-pyrrole nitrogens is 1. The van der Waals surface area contributed by atoms with Gasteiger partial charge in [-0.25, -0.2) is 9.55 Å². The number of carbonyl (C=O) groups is 1. The van der Waals surface area contributed by atoms with E-state index >= 15 is 0 Å². The Labute approximate surface area is 82.5 Å². The number of nitrogens with zero attached hydrogens (tertiary/aromatic N) is 1. The van der Waals surface area contributed by atoms with Crippen LogP contribution in [0.2, 0.25) is 0 Å². The smallest absolute Gasteiger partial charge is 0.270 e. The van der Waals surface area contributed by atoms with E-state index in [0.717, 1.165) is 5.82 Å². The van der Waals surface area contributed by atoms with Crippen LogP contribution in [-0.2, 0) is 11.8 Å². The summed E-state index contributed by atoms with van der Waals surface area (Å²) in [6.07, 6.45) is 3.82. The molecule has 5 N–H and O–H groups in total. The maximum atomic E-state index is 9.13. The van der Waals surface area contributed by atoms with Crippen LogP contribution in [-0.4, -0.2) is 17.5 Å². The first-order valence-electron chi connectivity index (χ1n) is 4.17. The number of aliphatic carboxylic acids is 1. The lowest BCUT2D eigenvalue weighted by atomic mass is 10.3. The minimum atomic E-state index is -1.22. The van der Waals surface area contributed by atoms with Crippen LogP contribution in [0.25, 0.3) is 0 Å². The number of rotatable bonds is 2. The van der Waals surface area contributed by atoms with E-state index in [1.54, 1.807) is 0 Å². The molecule has 80 valence electrons. The number of carboxylic acid groups (broad SMARTS) is 1. The minimum absolute atomic E-state index is 0.0880. The van der Waals surface area contributed by atoms with Crippen molar-refractivity contribution in [1.82, 2.24) is 4.98 Å². The van der Waals surface area contributed by atoms with Gasteiger partial charge in [0.15, 0.2) is 0 Å². The Morgan fingerprint density at radius 2 is 2.29 bits per heavy atom. The molecule has 1 aromatic heterocycles. The maximum absolute atomic E-state index is 9.13. The van der Waals surface area contributed by atoms with Gasteiger partial charge < -0.3 is 21.4 Å². The van der Waals surface area contributed by atoms with Crippen molar-refractivity contribution in [3.8, 4) is 0 Å². The van der Waals surface area contributed by atoms with E-state index in [9.17, 15) is 0 Å². The molecule has 0 fully saturated rings. The van der Waals surface area contributed by atoms with Crippen molar-refractivity contribution in [2.75, 3.05) is 6.54 Å². The van der Waals surface area contributed by atoms with Gasteiger partial charge in [0.1, 0.15) is 18.4 Å². The second-order valence-corrected chi connectivity index (χ2v) is 2.82. The van der Waals surface area contributed by atoms with Gasteiger partial charge in [-0.15, -0.1) is 0 Å². The molecule has 1 aromatic rings. The van der Waals surface area contributed by atoms with Gasteiger partial charge in [-0.3, -0.25) is 0 Å². The number of aromatic amines is 1. The number of hydrogen-bond donors (Lipinski definition) is 3. The normalized spacial score (nSPS) is 11.4. The molecule has 0 radical (unpaired) electrons. The molecule has 0 amide bonds. The Hall–Kier alpha value is -1.40. The number of carbonyl (C=O) groups excluding carboxylic acids is 1. The number of imidazole rings is 1. The van der Waals surface area contributed by atoms with Crippen LogP contribution in [0.3, 0.4) is 0 Å². The van der Waals surface area contributed by atoms with Gasteiger partial charge in [-0.1, -0.05) is 0 Å². The molecule has 0 aromatic carbocycles. The summed E-state index contributed by atoms with van der Waals surface area (Å²) in [5.41, 5.74) is 10.1. The molecule has 6 nitrogen and oxygen atoms in total.